The number of rotatable bonds is 6. The molecule has 3 aromatic rings. The number of nitrogens with zero attached hydrogens (tertiary/aromatic N) is 4. The van der Waals surface area contributed by atoms with E-state index in [0.717, 1.165) is 54.0 Å². The molecule has 0 spiro atoms. The van der Waals surface area contributed by atoms with Gasteiger partial charge in [-0.2, -0.15) is 0 Å². The van der Waals surface area contributed by atoms with Crippen LogP contribution in [0.4, 0.5) is 4.39 Å². The molecule has 7 heteroatoms. The first-order chi connectivity index (χ1) is 15.0. The number of aromatic nitrogens is 3. The zero-order valence-electron chi connectivity index (χ0n) is 18.2. The molecule has 31 heavy (non-hydrogen) atoms. The first-order valence-corrected chi connectivity index (χ1v) is 10.8. The molecule has 4 rings (SSSR count). The summed E-state index contributed by atoms with van der Waals surface area (Å²) < 4.78 is 19.7. The van der Waals surface area contributed by atoms with E-state index in [0.29, 0.717) is 17.9 Å². The minimum absolute atomic E-state index is 0.0336. The van der Waals surface area contributed by atoms with Crippen molar-refractivity contribution in [3.8, 4) is 11.3 Å². The van der Waals surface area contributed by atoms with Gasteiger partial charge in [-0.25, -0.2) is 14.4 Å². The van der Waals surface area contributed by atoms with Crippen LogP contribution in [-0.4, -0.2) is 32.5 Å². The van der Waals surface area contributed by atoms with Gasteiger partial charge in [-0.05, 0) is 44.7 Å². The van der Waals surface area contributed by atoms with Gasteiger partial charge in [0.15, 0.2) is 5.76 Å². The van der Waals surface area contributed by atoms with E-state index in [1.54, 1.807) is 24.4 Å². The monoisotopic (exact) mass is 422 g/mol. The molecule has 1 fully saturated rings. The van der Waals surface area contributed by atoms with Crippen LogP contribution in [0.1, 0.15) is 60.6 Å². The molecule has 3 heterocycles. The molecule has 0 saturated carbocycles. The fourth-order valence-electron chi connectivity index (χ4n) is 4.13. The van der Waals surface area contributed by atoms with Gasteiger partial charge in [0, 0.05) is 24.7 Å². The van der Waals surface area contributed by atoms with Crippen molar-refractivity contribution in [2.75, 3.05) is 6.54 Å². The van der Waals surface area contributed by atoms with Gasteiger partial charge in [-0.1, -0.05) is 30.3 Å². The maximum Gasteiger partial charge on any atom is 0.227 e. The van der Waals surface area contributed by atoms with Crippen LogP contribution >= 0.6 is 0 Å². The number of carbonyl (C=O) groups is 1. The minimum Gasteiger partial charge on any atom is -0.356 e. The van der Waals surface area contributed by atoms with Crippen LogP contribution in [0, 0.1) is 19.7 Å². The van der Waals surface area contributed by atoms with Crippen LogP contribution in [0.3, 0.4) is 0 Å². The molecular formula is C24H27FN4O2. The van der Waals surface area contributed by atoms with Crippen LogP contribution in [0.25, 0.3) is 11.3 Å². The molecule has 2 aromatic heterocycles. The van der Waals surface area contributed by atoms with E-state index in [1.807, 2.05) is 18.7 Å². The van der Waals surface area contributed by atoms with Gasteiger partial charge < -0.3 is 9.42 Å². The number of aryl methyl sites for hydroxylation is 2. The Bertz CT molecular complexity index is 1090. The molecule has 1 saturated heterocycles. The standard InChI is InChI=1S/C24H27FN4O2/c1-4-8-21-26-14-18(24-15(2)16(3)28-31-24)23(27-21)20-11-7-12-29(20)22(30)13-17-9-5-6-10-19(17)25/h5-6,9-10,14,20H,4,7-8,11-13H2,1-3H3. The lowest BCUT2D eigenvalue weighted by atomic mass is 10.0. The molecule has 162 valence electrons. The van der Waals surface area contributed by atoms with Crippen LogP contribution in [-0.2, 0) is 17.6 Å². The lowest BCUT2D eigenvalue weighted by molar-refractivity contribution is -0.131. The number of benzene rings is 1. The molecule has 6 nitrogen and oxygen atoms in total. The predicted molar refractivity (Wildman–Crippen MR) is 115 cm³/mol. The number of amides is 1. The number of likely N-dealkylation sites (tertiary alicyclic amines) is 1. The topological polar surface area (TPSA) is 72.1 Å². The number of carbonyl (C=O) groups excluding carboxylic acids is 1. The molecule has 1 unspecified atom stereocenters. The van der Waals surface area contributed by atoms with Crippen LogP contribution in [0.2, 0.25) is 0 Å². The second kappa shape index (κ2) is 8.96. The summed E-state index contributed by atoms with van der Waals surface area (Å²) in [5, 5.41) is 4.09. The molecular weight excluding hydrogens is 395 g/mol. The van der Waals surface area contributed by atoms with Crippen LogP contribution in [0.5, 0.6) is 0 Å². The summed E-state index contributed by atoms with van der Waals surface area (Å²) in [5.74, 6) is 0.944. The molecule has 1 amide bonds. The number of halogens is 1. The van der Waals surface area contributed by atoms with Crippen molar-refractivity contribution in [2.45, 2.75) is 58.9 Å². The maximum absolute atomic E-state index is 14.1. The van der Waals surface area contributed by atoms with Gasteiger partial charge >= 0.3 is 0 Å². The third-order valence-corrected chi connectivity index (χ3v) is 5.93. The first kappa shape index (κ1) is 21.2. The van der Waals surface area contributed by atoms with Gasteiger partial charge in [0.05, 0.1) is 29.4 Å². The lowest BCUT2D eigenvalue weighted by Gasteiger charge is -2.26. The molecule has 0 aliphatic carbocycles. The fraction of sp³-hybridized carbons (Fsp3) is 0.417. The van der Waals surface area contributed by atoms with Crippen LogP contribution in [0.15, 0.2) is 35.0 Å². The summed E-state index contributed by atoms with van der Waals surface area (Å²) >= 11 is 0. The normalized spacial score (nSPS) is 16.1. The maximum atomic E-state index is 14.1. The Kier molecular flexibility index (Phi) is 6.11. The highest BCUT2D eigenvalue weighted by atomic mass is 19.1. The average Bonchev–Trinajstić information content (AvgIpc) is 3.37. The largest absolute Gasteiger partial charge is 0.356 e. The Balaban J connectivity index is 1.71. The van der Waals surface area contributed by atoms with E-state index in [4.69, 9.17) is 9.51 Å². The van der Waals surface area contributed by atoms with Gasteiger partial charge in [0.2, 0.25) is 5.91 Å². The Morgan fingerprint density at radius 3 is 2.81 bits per heavy atom. The Labute approximate surface area is 181 Å². The first-order valence-electron chi connectivity index (χ1n) is 10.8. The van der Waals surface area contributed by atoms with E-state index in [1.165, 1.54) is 6.07 Å². The molecule has 0 bridgehead atoms. The molecule has 1 aliphatic rings. The zero-order valence-corrected chi connectivity index (χ0v) is 18.2. The van der Waals surface area contributed by atoms with Gasteiger partial charge in [-0.15, -0.1) is 0 Å². The summed E-state index contributed by atoms with van der Waals surface area (Å²) in [5.41, 5.74) is 3.73. The summed E-state index contributed by atoms with van der Waals surface area (Å²) in [4.78, 5) is 24.4. The van der Waals surface area contributed by atoms with Gasteiger partial charge in [0.1, 0.15) is 11.6 Å². The van der Waals surface area contributed by atoms with Crippen molar-refractivity contribution in [1.82, 2.24) is 20.0 Å². The summed E-state index contributed by atoms with van der Waals surface area (Å²) in [6, 6.07) is 6.23. The van der Waals surface area contributed by atoms with Crippen molar-refractivity contribution in [3.63, 3.8) is 0 Å². The minimum atomic E-state index is -0.354. The summed E-state index contributed by atoms with van der Waals surface area (Å²) in [7, 11) is 0. The summed E-state index contributed by atoms with van der Waals surface area (Å²) in [6.07, 6.45) is 5.18. The molecule has 0 radical (unpaired) electrons. The smallest absolute Gasteiger partial charge is 0.227 e. The quantitative estimate of drug-likeness (QED) is 0.573. The highest BCUT2D eigenvalue weighted by Crippen LogP contribution is 2.38. The van der Waals surface area contributed by atoms with Crippen molar-refractivity contribution in [2.24, 2.45) is 0 Å². The summed E-state index contributed by atoms with van der Waals surface area (Å²) in [6.45, 7) is 6.56. The second-order valence-corrected chi connectivity index (χ2v) is 8.07. The Hall–Kier alpha value is -3.09. The van der Waals surface area contributed by atoms with Gasteiger partial charge in [-0.3, -0.25) is 4.79 Å². The predicted octanol–water partition coefficient (Wildman–Crippen LogP) is 4.75. The second-order valence-electron chi connectivity index (χ2n) is 8.07. The van der Waals surface area contributed by atoms with Gasteiger partial charge in [0.25, 0.3) is 0 Å². The third kappa shape index (κ3) is 4.22. The van der Waals surface area contributed by atoms with Crippen molar-refractivity contribution in [3.05, 3.63) is 64.6 Å². The number of hydrogen-bond donors (Lipinski definition) is 0. The Morgan fingerprint density at radius 1 is 1.29 bits per heavy atom. The van der Waals surface area contributed by atoms with E-state index >= 15 is 0 Å². The Morgan fingerprint density at radius 2 is 2.10 bits per heavy atom. The number of hydrogen-bond acceptors (Lipinski definition) is 5. The third-order valence-electron chi connectivity index (χ3n) is 5.93. The molecule has 1 atom stereocenters. The van der Waals surface area contributed by atoms with Crippen LogP contribution < -0.4 is 0 Å². The van der Waals surface area contributed by atoms with Crippen molar-refractivity contribution in [1.29, 1.82) is 0 Å². The highest BCUT2D eigenvalue weighted by Gasteiger charge is 2.34. The van der Waals surface area contributed by atoms with Crippen molar-refractivity contribution >= 4 is 5.91 Å². The molecule has 0 N–H and O–H groups in total. The molecule has 1 aliphatic heterocycles. The van der Waals surface area contributed by atoms with E-state index in [2.05, 4.69) is 17.1 Å². The lowest BCUT2D eigenvalue weighted by Crippen LogP contribution is -2.33. The van der Waals surface area contributed by atoms with E-state index in [9.17, 15) is 9.18 Å². The molecule has 1 aromatic carbocycles. The highest BCUT2D eigenvalue weighted by molar-refractivity contribution is 5.80. The SMILES string of the molecule is CCCc1ncc(-c2onc(C)c2C)c(C2CCCN2C(=O)Cc2ccccc2F)n1. The fourth-order valence-corrected chi connectivity index (χ4v) is 4.13. The van der Waals surface area contributed by atoms with Crippen molar-refractivity contribution < 1.29 is 13.7 Å². The van der Waals surface area contributed by atoms with E-state index < -0.39 is 0 Å². The average molecular weight is 423 g/mol. The zero-order chi connectivity index (χ0) is 22.0. The van der Waals surface area contributed by atoms with E-state index in [-0.39, 0.29) is 24.2 Å².